The maximum absolute atomic E-state index is 13.8. The molecule has 2 nitrogen and oxygen atoms in total. The van der Waals surface area contributed by atoms with Crippen molar-refractivity contribution < 1.29 is 9.13 Å². The van der Waals surface area contributed by atoms with E-state index in [9.17, 15) is 4.39 Å². The van der Waals surface area contributed by atoms with Crippen molar-refractivity contribution in [2.45, 2.75) is 19.6 Å². The zero-order valence-electron chi connectivity index (χ0n) is 10.8. The molecule has 1 N–H and O–H groups in total. The summed E-state index contributed by atoms with van der Waals surface area (Å²) in [5.41, 5.74) is 3.92. The highest BCUT2D eigenvalue weighted by Crippen LogP contribution is 2.29. The molecule has 3 heteroatoms. The first-order valence-corrected chi connectivity index (χ1v) is 6.42. The lowest BCUT2D eigenvalue weighted by atomic mass is 9.99. The molecular formula is C16H16FNO. The Morgan fingerprint density at radius 3 is 2.95 bits per heavy atom. The zero-order valence-corrected chi connectivity index (χ0v) is 10.8. The van der Waals surface area contributed by atoms with E-state index in [1.54, 1.807) is 6.07 Å². The van der Waals surface area contributed by atoms with E-state index in [-0.39, 0.29) is 11.9 Å². The number of hydrogen-bond donors (Lipinski definition) is 1. The lowest BCUT2D eigenvalue weighted by Crippen LogP contribution is -2.23. The number of benzene rings is 2. The van der Waals surface area contributed by atoms with Gasteiger partial charge in [0, 0.05) is 0 Å². The highest BCUT2D eigenvalue weighted by Gasteiger charge is 2.20. The van der Waals surface area contributed by atoms with Crippen LogP contribution in [0.3, 0.4) is 0 Å². The summed E-state index contributed by atoms with van der Waals surface area (Å²) in [4.78, 5) is 0. The molecule has 0 spiro atoms. The Labute approximate surface area is 112 Å². The van der Waals surface area contributed by atoms with Gasteiger partial charge in [0.05, 0.1) is 24.9 Å². The van der Waals surface area contributed by atoms with Crippen LogP contribution in [0.2, 0.25) is 0 Å². The Balaban J connectivity index is 1.90. The predicted molar refractivity (Wildman–Crippen MR) is 73.6 cm³/mol. The second-order valence-corrected chi connectivity index (χ2v) is 4.89. The van der Waals surface area contributed by atoms with Gasteiger partial charge in [0.2, 0.25) is 0 Å². The minimum absolute atomic E-state index is 0.00116. The number of ether oxygens (including phenoxy) is 1. The van der Waals surface area contributed by atoms with E-state index in [4.69, 9.17) is 4.74 Å². The van der Waals surface area contributed by atoms with E-state index in [2.05, 4.69) is 17.4 Å². The van der Waals surface area contributed by atoms with Crippen LogP contribution < -0.4 is 5.32 Å². The van der Waals surface area contributed by atoms with Crippen molar-refractivity contribution in [3.05, 3.63) is 65.0 Å². The molecule has 0 fully saturated rings. The molecule has 0 saturated heterocycles. The number of aryl methyl sites for hydroxylation is 1. The minimum atomic E-state index is -0.228. The molecule has 0 bridgehead atoms. The lowest BCUT2D eigenvalue weighted by Gasteiger charge is -2.27. The summed E-state index contributed by atoms with van der Waals surface area (Å²) in [5.74, 6) is -0.228. The van der Waals surface area contributed by atoms with Crippen molar-refractivity contribution in [2.75, 3.05) is 11.9 Å². The Bertz CT molecular complexity index is 597. The van der Waals surface area contributed by atoms with Gasteiger partial charge in [-0.25, -0.2) is 4.39 Å². The fraction of sp³-hybridized carbons (Fsp3) is 0.250. The molecule has 19 heavy (non-hydrogen) atoms. The average Bonchev–Trinajstić information content (AvgIpc) is 2.43. The van der Waals surface area contributed by atoms with Crippen LogP contribution in [-0.2, 0) is 11.3 Å². The predicted octanol–water partition coefficient (Wildman–Crippen LogP) is 3.82. The van der Waals surface area contributed by atoms with Crippen molar-refractivity contribution >= 4 is 5.69 Å². The number of fused-ring (bicyclic) bond motifs is 1. The van der Waals surface area contributed by atoms with Gasteiger partial charge in [-0.15, -0.1) is 0 Å². The monoisotopic (exact) mass is 257 g/mol. The number of nitrogens with one attached hydrogen (secondary N) is 1. The maximum atomic E-state index is 13.8. The summed E-state index contributed by atoms with van der Waals surface area (Å²) < 4.78 is 19.4. The first-order chi connectivity index (χ1) is 9.24. The van der Waals surface area contributed by atoms with E-state index in [1.807, 2.05) is 25.1 Å². The molecule has 1 heterocycles. The van der Waals surface area contributed by atoms with Gasteiger partial charge in [-0.2, -0.15) is 0 Å². The minimum Gasteiger partial charge on any atom is -0.374 e. The van der Waals surface area contributed by atoms with Gasteiger partial charge < -0.3 is 10.1 Å². The lowest BCUT2D eigenvalue weighted by molar-refractivity contribution is 0.0969. The van der Waals surface area contributed by atoms with Gasteiger partial charge in [-0.1, -0.05) is 30.3 Å². The van der Waals surface area contributed by atoms with E-state index < -0.39 is 0 Å². The molecule has 0 saturated carbocycles. The maximum Gasteiger partial charge on any atom is 0.146 e. The van der Waals surface area contributed by atoms with Crippen LogP contribution in [0, 0.1) is 12.7 Å². The Morgan fingerprint density at radius 1 is 1.21 bits per heavy atom. The summed E-state index contributed by atoms with van der Waals surface area (Å²) >= 11 is 0. The summed E-state index contributed by atoms with van der Waals surface area (Å²) in [6.07, 6.45) is 0. The van der Waals surface area contributed by atoms with E-state index in [0.29, 0.717) is 18.9 Å². The Hall–Kier alpha value is -1.87. The molecule has 0 amide bonds. The van der Waals surface area contributed by atoms with Crippen molar-refractivity contribution in [1.29, 1.82) is 0 Å². The molecule has 2 aromatic carbocycles. The first-order valence-electron chi connectivity index (χ1n) is 6.42. The average molecular weight is 257 g/mol. The molecule has 3 rings (SSSR count). The van der Waals surface area contributed by atoms with Gasteiger partial charge in [-0.3, -0.25) is 0 Å². The highest BCUT2D eigenvalue weighted by atomic mass is 19.1. The number of halogens is 1. The molecular weight excluding hydrogens is 241 g/mol. The topological polar surface area (TPSA) is 21.3 Å². The molecule has 1 unspecified atom stereocenters. The highest BCUT2D eigenvalue weighted by molar-refractivity contribution is 5.50. The normalized spacial score (nSPS) is 17.9. The third-order valence-electron chi connectivity index (χ3n) is 3.42. The molecule has 2 aromatic rings. The van der Waals surface area contributed by atoms with Crippen LogP contribution in [0.25, 0.3) is 0 Å². The standard InChI is InChI=1S/C16H16FNO/c1-11-6-7-14(17)15(8-11)18-16-10-19-9-12-4-2-3-5-13(12)16/h2-8,16,18H,9-10H2,1H3. The summed E-state index contributed by atoms with van der Waals surface area (Å²) in [7, 11) is 0. The number of rotatable bonds is 2. The van der Waals surface area contributed by atoms with Crippen molar-refractivity contribution in [3.63, 3.8) is 0 Å². The van der Waals surface area contributed by atoms with Crippen LogP contribution in [0.4, 0.5) is 10.1 Å². The van der Waals surface area contributed by atoms with Crippen molar-refractivity contribution in [1.82, 2.24) is 0 Å². The molecule has 0 aliphatic carbocycles. The first kappa shape index (κ1) is 12.2. The fourth-order valence-corrected chi connectivity index (χ4v) is 2.44. The molecule has 1 aliphatic heterocycles. The SMILES string of the molecule is Cc1ccc(F)c(NC2COCc3ccccc32)c1. The van der Waals surface area contributed by atoms with Crippen LogP contribution in [0.15, 0.2) is 42.5 Å². The third kappa shape index (κ3) is 2.47. The van der Waals surface area contributed by atoms with Crippen LogP contribution in [0.1, 0.15) is 22.7 Å². The fourth-order valence-electron chi connectivity index (χ4n) is 2.44. The second-order valence-electron chi connectivity index (χ2n) is 4.89. The third-order valence-corrected chi connectivity index (χ3v) is 3.42. The Kier molecular flexibility index (Phi) is 3.22. The number of hydrogen-bond acceptors (Lipinski definition) is 2. The molecule has 0 radical (unpaired) electrons. The van der Waals surface area contributed by atoms with Crippen LogP contribution in [0.5, 0.6) is 0 Å². The Morgan fingerprint density at radius 2 is 2.05 bits per heavy atom. The van der Waals surface area contributed by atoms with Gasteiger partial charge in [0.1, 0.15) is 5.82 Å². The van der Waals surface area contributed by atoms with Gasteiger partial charge in [0.15, 0.2) is 0 Å². The van der Waals surface area contributed by atoms with Crippen LogP contribution in [-0.4, -0.2) is 6.61 Å². The van der Waals surface area contributed by atoms with E-state index >= 15 is 0 Å². The van der Waals surface area contributed by atoms with Crippen molar-refractivity contribution in [2.24, 2.45) is 0 Å². The summed E-state index contributed by atoms with van der Waals surface area (Å²) in [6.45, 7) is 3.14. The second kappa shape index (κ2) is 5.02. The molecule has 98 valence electrons. The number of anilines is 1. The molecule has 1 atom stereocenters. The molecule has 0 aromatic heterocycles. The van der Waals surface area contributed by atoms with Crippen LogP contribution >= 0.6 is 0 Å². The van der Waals surface area contributed by atoms with E-state index in [1.165, 1.54) is 17.2 Å². The quantitative estimate of drug-likeness (QED) is 0.883. The summed E-state index contributed by atoms with van der Waals surface area (Å²) in [5, 5.41) is 3.25. The van der Waals surface area contributed by atoms with Gasteiger partial charge in [-0.05, 0) is 35.7 Å². The smallest absolute Gasteiger partial charge is 0.146 e. The molecule has 1 aliphatic rings. The zero-order chi connectivity index (χ0) is 13.2. The largest absolute Gasteiger partial charge is 0.374 e. The van der Waals surface area contributed by atoms with Crippen molar-refractivity contribution in [3.8, 4) is 0 Å². The summed E-state index contributed by atoms with van der Waals surface area (Å²) in [6, 6.07) is 13.2. The van der Waals surface area contributed by atoms with E-state index in [0.717, 1.165) is 5.56 Å². The van der Waals surface area contributed by atoms with Gasteiger partial charge >= 0.3 is 0 Å². The van der Waals surface area contributed by atoms with Gasteiger partial charge in [0.25, 0.3) is 0 Å².